The molecule has 1 aromatic carbocycles. The highest BCUT2D eigenvalue weighted by molar-refractivity contribution is 5.65. The molecular formula is C10H10O3. The number of rotatable bonds is 3. The van der Waals surface area contributed by atoms with E-state index in [1.54, 1.807) is 6.08 Å². The molecule has 0 saturated carbocycles. The molecule has 0 bridgehead atoms. The summed E-state index contributed by atoms with van der Waals surface area (Å²) in [4.78, 5) is 19.0. The third-order valence-corrected chi connectivity index (χ3v) is 1.28. The Morgan fingerprint density at radius 3 is 2.62 bits per heavy atom. The van der Waals surface area contributed by atoms with Gasteiger partial charge in [0.2, 0.25) is 0 Å². The van der Waals surface area contributed by atoms with Crippen molar-refractivity contribution in [2.24, 2.45) is 0 Å². The predicted octanol–water partition coefficient (Wildman–Crippen LogP) is 2.15. The molecule has 0 amide bonds. The van der Waals surface area contributed by atoms with Gasteiger partial charge >= 0.3 is 5.97 Å². The van der Waals surface area contributed by atoms with Gasteiger partial charge in [-0.25, -0.2) is 4.79 Å². The van der Waals surface area contributed by atoms with Gasteiger partial charge in [-0.1, -0.05) is 30.3 Å². The van der Waals surface area contributed by atoms with Crippen LogP contribution < -0.4 is 0 Å². The van der Waals surface area contributed by atoms with Gasteiger partial charge in [0.1, 0.15) is 6.26 Å². The van der Waals surface area contributed by atoms with Gasteiger partial charge in [-0.15, -0.1) is 0 Å². The zero-order valence-electron chi connectivity index (χ0n) is 7.27. The predicted molar refractivity (Wildman–Crippen MR) is 48.3 cm³/mol. The topological polar surface area (TPSA) is 35.5 Å². The van der Waals surface area contributed by atoms with Crippen LogP contribution in [0, 0.1) is 0 Å². The van der Waals surface area contributed by atoms with E-state index in [1.807, 2.05) is 30.3 Å². The fraction of sp³-hybridized carbons (Fsp3) is 0.100. The van der Waals surface area contributed by atoms with Crippen LogP contribution in [0.1, 0.15) is 12.5 Å². The van der Waals surface area contributed by atoms with Gasteiger partial charge in [-0.3, -0.25) is 9.78 Å². The Bertz CT molecular complexity index is 290. The van der Waals surface area contributed by atoms with Gasteiger partial charge in [0.15, 0.2) is 0 Å². The zero-order chi connectivity index (χ0) is 9.52. The van der Waals surface area contributed by atoms with Crippen LogP contribution in [-0.2, 0) is 14.6 Å². The standard InChI is InChI=1S/C10H10O3/c1-9(11)13-12-8-7-10-5-3-2-4-6-10/h2-8H,1H3. The number of carbonyl (C=O) groups is 1. The molecule has 3 nitrogen and oxygen atoms in total. The molecule has 0 spiro atoms. The lowest BCUT2D eigenvalue weighted by molar-refractivity contribution is -0.235. The number of carbonyl (C=O) groups excluding carboxylic acids is 1. The molecule has 1 rings (SSSR count). The first-order valence-electron chi connectivity index (χ1n) is 3.84. The molecule has 13 heavy (non-hydrogen) atoms. The first kappa shape index (κ1) is 9.32. The SMILES string of the molecule is CC(=O)OOC=Cc1ccccc1. The van der Waals surface area contributed by atoms with E-state index < -0.39 is 5.97 Å². The van der Waals surface area contributed by atoms with Crippen LogP contribution in [-0.4, -0.2) is 5.97 Å². The number of benzene rings is 1. The minimum atomic E-state index is -0.474. The fourth-order valence-electron chi connectivity index (χ4n) is 0.766. The van der Waals surface area contributed by atoms with Crippen molar-refractivity contribution < 1.29 is 14.6 Å². The highest BCUT2D eigenvalue weighted by Gasteiger charge is 1.88. The van der Waals surface area contributed by atoms with Crippen LogP contribution in [0.3, 0.4) is 0 Å². The minimum Gasteiger partial charge on any atom is -0.295 e. The summed E-state index contributed by atoms with van der Waals surface area (Å²) in [6.45, 7) is 1.27. The molecule has 1 aromatic rings. The largest absolute Gasteiger partial charge is 0.352 e. The summed E-state index contributed by atoms with van der Waals surface area (Å²) in [6.07, 6.45) is 3.01. The van der Waals surface area contributed by atoms with Gasteiger partial charge in [0.25, 0.3) is 0 Å². The second-order valence-corrected chi connectivity index (χ2v) is 2.38. The molecule has 0 radical (unpaired) electrons. The van der Waals surface area contributed by atoms with Crippen LogP contribution >= 0.6 is 0 Å². The maximum absolute atomic E-state index is 10.3. The molecule has 3 heteroatoms. The van der Waals surface area contributed by atoms with E-state index in [0.29, 0.717) is 0 Å². The molecule has 0 saturated heterocycles. The van der Waals surface area contributed by atoms with Crippen molar-refractivity contribution >= 4 is 12.0 Å². The molecule has 68 valence electrons. The summed E-state index contributed by atoms with van der Waals surface area (Å²) in [6, 6.07) is 9.56. The van der Waals surface area contributed by atoms with Crippen LogP contribution in [0.4, 0.5) is 0 Å². The third-order valence-electron chi connectivity index (χ3n) is 1.28. The smallest absolute Gasteiger partial charge is 0.295 e. The molecule has 0 aliphatic heterocycles. The second kappa shape index (κ2) is 4.98. The molecule has 0 heterocycles. The van der Waals surface area contributed by atoms with Crippen LogP contribution in [0.5, 0.6) is 0 Å². The van der Waals surface area contributed by atoms with E-state index in [0.717, 1.165) is 5.56 Å². The lowest BCUT2D eigenvalue weighted by atomic mass is 10.2. The Balaban J connectivity index is 2.37. The fourth-order valence-corrected chi connectivity index (χ4v) is 0.766. The van der Waals surface area contributed by atoms with Gasteiger partial charge in [-0.05, 0) is 11.6 Å². The monoisotopic (exact) mass is 178 g/mol. The Kier molecular flexibility index (Phi) is 3.57. The lowest BCUT2D eigenvalue weighted by Gasteiger charge is -1.94. The highest BCUT2D eigenvalue weighted by atomic mass is 17.2. The molecule has 0 fully saturated rings. The summed E-state index contributed by atoms with van der Waals surface area (Å²) in [5.41, 5.74) is 0.981. The number of hydrogen-bond donors (Lipinski definition) is 0. The van der Waals surface area contributed by atoms with Gasteiger partial charge in [0, 0.05) is 6.92 Å². The van der Waals surface area contributed by atoms with Crippen molar-refractivity contribution in [3.05, 3.63) is 42.2 Å². The van der Waals surface area contributed by atoms with Crippen LogP contribution in [0.15, 0.2) is 36.6 Å². The summed E-state index contributed by atoms with van der Waals surface area (Å²) < 4.78 is 0. The van der Waals surface area contributed by atoms with E-state index in [4.69, 9.17) is 0 Å². The maximum atomic E-state index is 10.3. The van der Waals surface area contributed by atoms with E-state index in [1.165, 1.54) is 13.2 Å². The summed E-state index contributed by atoms with van der Waals surface area (Å²) in [5.74, 6) is -0.474. The summed E-state index contributed by atoms with van der Waals surface area (Å²) >= 11 is 0. The van der Waals surface area contributed by atoms with Crippen molar-refractivity contribution in [2.75, 3.05) is 0 Å². The van der Waals surface area contributed by atoms with Crippen molar-refractivity contribution in [1.82, 2.24) is 0 Å². The highest BCUT2D eigenvalue weighted by Crippen LogP contribution is 2.00. The summed E-state index contributed by atoms with van der Waals surface area (Å²) in [5, 5.41) is 0. The van der Waals surface area contributed by atoms with E-state index in [-0.39, 0.29) is 0 Å². The zero-order valence-corrected chi connectivity index (χ0v) is 7.27. The molecule has 0 aliphatic carbocycles. The molecule has 0 aromatic heterocycles. The minimum absolute atomic E-state index is 0.474. The quantitative estimate of drug-likeness (QED) is 0.404. The molecule has 0 unspecified atom stereocenters. The van der Waals surface area contributed by atoms with Crippen LogP contribution in [0.2, 0.25) is 0 Å². The molecular weight excluding hydrogens is 168 g/mol. The van der Waals surface area contributed by atoms with Crippen molar-refractivity contribution in [1.29, 1.82) is 0 Å². The number of hydrogen-bond acceptors (Lipinski definition) is 3. The van der Waals surface area contributed by atoms with Crippen LogP contribution in [0.25, 0.3) is 6.08 Å². The average molecular weight is 178 g/mol. The van der Waals surface area contributed by atoms with Crippen molar-refractivity contribution in [3.8, 4) is 0 Å². The van der Waals surface area contributed by atoms with Crippen molar-refractivity contribution in [3.63, 3.8) is 0 Å². The first-order valence-corrected chi connectivity index (χ1v) is 3.84. The Morgan fingerprint density at radius 2 is 2.00 bits per heavy atom. The first-order chi connectivity index (χ1) is 6.29. The van der Waals surface area contributed by atoms with Gasteiger partial charge in [-0.2, -0.15) is 0 Å². The third kappa shape index (κ3) is 3.96. The lowest BCUT2D eigenvalue weighted by Crippen LogP contribution is -1.94. The molecule has 0 N–H and O–H groups in total. The van der Waals surface area contributed by atoms with E-state index >= 15 is 0 Å². The Labute approximate surface area is 76.5 Å². The normalized spacial score (nSPS) is 9.92. The Hall–Kier alpha value is -1.77. The molecule has 0 atom stereocenters. The second-order valence-electron chi connectivity index (χ2n) is 2.38. The Morgan fingerprint density at radius 1 is 1.31 bits per heavy atom. The summed E-state index contributed by atoms with van der Waals surface area (Å²) in [7, 11) is 0. The van der Waals surface area contributed by atoms with Crippen molar-refractivity contribution in [2.45, 2.75) is 6.92 Å². The maximum Gasteiger partial charge on any atom is 0.352 e. The van der Waals surface area contributed by atoms with Gasteiger partial charge < -0.3 is 0 Å². The van der Waals surface area contributed by atoms with Gasteiger partial charge in [0.05, 0.1) is 0 Å². The average Bonchev–Trinajstić information content (AvgIpc) is 2.14. The molecule has 0 aliphatic rings. The van der Waals surface area contributed by atoms with E-state index in [2.05, 4.69) is 9.78 Å². The van der Waals surface area contributed by atoms with E-state index in [9.17, 15) is 4.79 Å².